The first-order chi connectivity index (χ1) is 12.1. The molecule has 1 aromatic rings. The minimum atomic E-state index is -3.40. The van der Waals surface area contributed by atoms with Crippen LogP contribution in [0.5, 0.6) is 5.75 Å². The maximum absolute atomic E-state index is 12.0. The number of aliphatic hydroxyl groups excluding tert-OH is 2. The number of hydrogen-bond donors (Lipinski definition) is 3. The van der Waals surface area contributed by atoms with E-state index in [9.17, 15) is 23.7 Å². The van der Waals surface area contributed by atoms with E-state index in [1.807, 2.05) is 39.0 Å². The highest BCUT2D eigenvalue weighted by Crippen LogP contribution is 2.31. The van der Waals surface area contributed by atoms with Crippen molar-refractivity contribution in [1.29, 1.82) is 0 Å². The predicted octanol–water partition coefficient (Wildman–Crippen LogP) is 2.66. The van der Waals surface area contributed by atoms with Crippen LogP contribution in [0.4, 0.5) is 0 Å². The maximum Gasteiger partial charge on any atom is 0.163 e. The highest BCUT2D eigenvalue weighted by molar-refractivity contribution is 7.92. The summed E-state index contributed by atoms with van der Waals surface area (Å²) in [7, 11) is -3.40. The number of rotatable bonds is 6. The van der Waals surface area contributed by atoms with Gasteiger partial charge in [0.1, 0.15) is 11.0 Å². The fourth-order valence-corrected chi connectivity index (χ4v) is 5.56. The van der Waals surface area contributed by atoms with Gasteiger partial charge in [0, 0.05) is 0 Å². The van der Waals surface area contributed by atoms with Crippen LogP contribution in [0, 0.1) is 13.8 Å². The van der Waals surface area contributed by atoms with Gasteiger partial charge in [-0.15, -0.1) is 0 Å². The highest BCUT2D eigenvalue weighted by atomic mass is 32.2. The maximum atomic E-state index is 12.0. The molecule has 0 radical (unpaired) electrons. The van der Waals surface area contributed by atoms with Crippen molar-refractivity contribution < 1.29 is 23.7 Å². The zero-order valence-corrected chi connectivity index (χ0v) is 16.6. The van der Waals surface area contributed by atoms with Crippen LogP contribution >= 0.6 is 0 Å². The molecule has 0 amide bonds. The van der Waals surface area contributed by atoms with Gasteiger partial charge < -0.3 is 15.3 Å². The zero-order chi connectivity index (χ0) is 19.6. The van der Waals surface area contributed by atoms with E-state index in [-0.39, 0.29) is 5.75 Å². The van der Waals surface area contributed by atoms with Crippen molar-refractivity contribution in [3.05, 3.63) is 45.5 Å². The van der Waals surface area contributed by atoms with Crippen molar-refractivity contribution in [2.45, 2.75) is 51.9 Å². The van der Waals surface area contributed by atoms with E-state index in [0.717, 1.165) is 22.3 Å². The number of benzene rings is 1. The lowest BCUT2D eigenvalue weighted by Crippen LogP contribution is -2.29. The van der Waals surface area contributed by atoms with Crippen molar-refractivity contribution in [2.24, 2.45) is 0 Å². The monoisotopic (exact) mass is 380 g/mol. The number of phenolic OH excluding ortho intramolecular Hbond substituents is 1. The molecule has 1 heterocycles. The molecule has 0 aliphatic carbocycles. The van der Waals surface area contributed by atoms with E-state index in [0.29, 0.717) is 29.7 Å². The fraction of sp³-hybridized carbons (Fsp3) is 0.500. The van der Waals surface area contributed by atoms with Gasteiger partial charge in [-0.1, -0.05) is 17.2 Å². The van der Waals surface area contributed by atoms with Gasteiger partial charge in [0.25, 0.3) is 0 Å². The van der Waals surface area contributed by atoms with Crippen LogP contribution in [-0.2, 0) is 9.84 Å². The molecule has 2 rings (SSSR count). The van der Waals surface area contributed by atoms with E-state index in [1.54, 1.807) is 6.92 Å². The molecule has 5 nitrogen and oxygen atoms in total. The lowest BCUT2D eigenvalue weighted by Gasteiger charge is -2.18. The van der Waals surface area contributed by atoms with Gasteiger partial charge in [-0.25, -0.2) is 8.42 Å². The molecule has 1 aromatic carbocycles. The molecule has 2 atom stereocenters. The smallest absolute Gasteiger partial charge is 0.163 e. The molecule has 0 saturated carbocycles. The number of allylic oxidation sites excluding steroid dienone is 1. The predicted molar refractivity (Wildman–Crippen MR) is 104 cm³/mol. The van der Waals surface area contributed by atoms with Gasteiger partial charge in [0.05, 0.1) is 18.5 Å². The molecule has 0 aromatic heterocycles. The van der Waals surface area contributed by atoms with Crippen LogP contribution in [0.3, 0.4) is 0 Å². The van der Waals surface area contributed by atoms with Crippen LogP contribution in [0.1, 0.15) is 43.4 Å². The molecule has 0 spiro atoms. The second kappa shape index (κ2) is 7.94. The Labute approximate surface area is 155 Å². The third-order valence-corrected chi connectivity index (χ3v) is 7.06. The average Bonchev–Trinajstić information content (AvgIpc) is 2.78. The van der Waals surface area contributed by atoms with Gasteiger partial charge in [0.15, 0.2) is 9.84 Å². The lowest BCUT2D eigenvalue weighted by molar-refractivity contribution is 0.189. The van der Waals surface area contributed by atoms with E-state index in [2.05, 4.69) is 0 Å². The normalized spacial score (nSPS) is 21.3. The van der Waals surface area contributed by atoms with Crippen molar-refractivity contribution in [2.75, 3.05) is 12.4 Å². The summed E-state index contributed by atoms with van der Waals surface area (Å²) >= 11 is 0. The molecule has 0 unspecified atom stereocenters. The Bertz CT molecular complexity index is 826. The van der Waals surface area contributed by atoms with Crippen LogP contribution < -0.4 is 0 Å². The Morgan fingerprint density at radius 3 is 2.38 bits per heavy atom. The van der Waals surface area contributed by atoms with E-state index >= 15 is 0 Å². The third-order valence-electron chi connectivity index (χ3n) is 4.95. The summed E-state index contributed by atoms with van der Waals surface area (Å²) in [5.74, 6) is 0.209. The first-order valence-electron chi connectivity index (χ1n) is 8.74. The Balaban J connectivity index is 2.09. The molecular weight excluding hydrogens is 352 g/mol. The molecule has 0 fully saturated rings. The minimum absolute atomic E-state index is 0.0918. The molecule has 26 heavy (non-hydrogen) atoms. The second-order valence-electron chi connectivity index (χ2n) is 7.26. The molecule has 6 heteroatoms. The second-order valence-corrected chi connectivity index (χ2v) is 9.45. The first kappa shape index (κ1) is 20.7. The zero-order valence-electron chi connectivity index (χ0n) is 15.8. The van der Waals surface area contributed by atoms with E-state index < -0.39 is 27.8 Å². The minimum Gasteiger partial charge on any atom is -0.507 e. The van der Waals surface area contributed by atoms with Crippen molar-refractivity contribution in [1.82, 2.24) is 0 Å². The summed E-state index contributed by atoms with van der Waals surface area (Å²) in [5.41, 5.74) is 4.75. The van der Waals surface area contributed by atoms with Gasteiger partial charge >= 0.3 is 0 Å². The van der Waals surface area contributed by atoms with Crippen LogP contribution in [0.2, 0.25) is 0 Å². The largest absolute Gasteiger partial charge is 0.507 e. The topological polar surface area (TPSA) is 94.8 Å². The molecule has 144 valence electrons. The van der Waals surface area contributed by atoms with Gasteiger partial charge in [-0.3, -0.25) is 0 Å². The molecule has 0 saturated heterocycles. The molecule has 0 bridgehead atoms. The van der Waals surface area contributed by atoms with E-state index in [4.69, 9.17) is 0 Å². The SMILES string of the molecule is CC1=C([C@H](O)CC/C(C)=C/c2cc(C)c(O)c(C)c2)[C@H](CO)S(=O)(=O)C1. The molecule has 1 aliphatic heterocycles. The van der Waals surface area contributed by atoms with Gasteiger partial charge in [-0.2, -0.15) is 0 Å². The van der Waals surface area contributed by atoms with Crippen LogP contribution in [0.25, 0.3) is 6.08 Å². The Hall–Kier alpha value is -1.63. The summed E-state index contributed by atoms with van der Waals surface area (Å²) < 4.78 is 24.1. The van der Waals surface area contributed by atoms with Crippen molar-refractivity contribution in [3.8, 4) is 5.75 Å². The number of phenols is 1. The molecule has 3 N–H and O–H groups in total. The summed E-state index contributed by atoms with van der Waals surface area (Å²) in [4.78, 5) is 0. The standard InChI is InChI=1S/C20H28O5S/c1-12(7-16-8-13(2)20(23)14(3)9-16)5-6-17(22)19-15(4)11-26(24,25)18(19)10-21/h7-9,17-18,21-23H,5-6,10-11H2,1-4H3/b12-7+/t17-,18+/m1/s1. The van der Waals surface area contributed by atoms with Crippen molar-refractivity contribution >= 4 is 15.9 Å². The molecule has 1 aliphatic rings. The Kier molecular flexibility index (Phi) is 6.32. The van der Waals surface area contributed by atoms with Gasteiger partial charge in [0.2, 0.25) is 0 Å². The summed E-state index contributed by atoms with van der Waals surface area (Å²) in [6, 6.07) is 3.81. The van der Waals surface area contributed by atoms with Crippen molar-refractivity contribution in [3.63, 3.8) is 0 Å². The van der Waals surface area contributed by atoms with E-state index in [1.165, 1.54) is 0 Å². The van der Waals surface area contributed by atoms with Gasteiger partial charge in [-0.05, 0) is 74.9 Å². The average molecular weight is 381 g/mol. The highest BCUT2D eigenvalue weighted by Gasteiger charge is 2.39. The van der Waals surface area contributed by atoms with Crippen LogP contribution in [-0.4, -0.2) is 47.5 Å². The Morgan fingerprint density at radius 1 is 1.27 bits per heavy atom. The summed E-state index contributed by atoms with van der Waals surface area (Å²) in [6.45, 7) is 6.87. The fourth-order valence-electron chi connectivity index (χ4n) is 3.61. The summed E-state index contributed by atoms with van der Waals surface area (Å²) in [5, 5.41) is 28.8. The van der Waals surface area contributed by atoms with Crippen LogP contribution in [0.15, 0.2) is 28.9 Å². The molecular formula is C20H28O5S. The number of hydrogen-bond acceptors (Lipinski definition) is 5. The quantitative estimate of drug-likeness (QED) is 0.660. The number of sulfone groups is 1. The first-order valence-corrected chi connectivity index (χ1v) is 10.5. The summed E-state index contributed by atoms with van der Waals surface area (Å²) in [6.07, 6.45) is 2.13. The Morgan fingerprint density at radius 2 is 1.85 bits per heavy atom. The number of aromatic hydroxyl groups is 1. The third kappa shape index (κ3) is 4.37. The lowest BCUT2D eigenvalue weighted by atomic mass is 9.95. The number of aryl methyl sites for hydroxylation is 2. The number of aliphatic hydroxyl groups is 2.